The van der Waals surface area contributed by atoms with Crippen molar-refractivity contribution in [2.24, 2.45) is 0 Å². The Morgan fingerprint density at radius 2 is 1.79 bits per heavy atom. The van der Waals surface area contributed by atoms with Crippen molar-refractivity contribution in [2.45, 2.75) is 39.2 Å². The maximum atomic E-state index is 14.3. The summed E-state index contributed by atoms with van der Waals surface area (Å²) in [6.07, 6.45) is 1.74. The van der Waals surface area contributed by atoms with Crippen LogP contribution in [0.2, 0.25) is 0 Å². The van der Waals surface area contributed by atoms with Crippen molar-refractivity contribution in [1.82, 2.24) is 10.3 Å². The fraction of sp³-hybridized carbons (Fsp3) is 0.304. The van der Waals surface area contributed by atoms with E-state index in [-0.39, 0.29) is 22.7 Å². The van der Waals surface area contributed by atoms with Crippen LogP contribution in [0, 0.1) is 11.6 Å². The SMILES string of the molecule is CC(NC(=O)c1coc(Oc2cccc(C(C)(C)C)c2)n1)c1cc(F)c(NS(C)(=O)=O)c(F)c1. The van der Waals surface area contributed by atoms with Crippen LogP contribution in [0.4, 0.5) is 14.5 Å². The van der Waals surface area contributed by atoms with Crippen LogP contribution in [-0.2, 0) is 15.4 Å². The first-order chi connectivity index (χ1) is 15.7. The zero-order chi connectivity index (χ0) is 25.3. The number of amides is 1. The van der Waals surface area contributed by atoms with E-state index >= 15 is 0 Å². The van der Waals surface area contributed by atoms with Gasteiger partial charge in [0.15, 0.2) is 17.3 Å². The molecule has 1 amide bonds. The van der Waals surface area contributed by atoms with Crippen molar-refractivity contribution in [2.75, 3.05) is 11.0 Å². The number of nitrogens with one attached hydrogen (secondary N) is 2. The lowest BCUT2D eigenvalue weighted by Gasteiger charge is -2.19. The number of oxazole rings is 1. The number of rotatable bonds is 7. The molecule has 0 bridgehead atoms. The third kappa shape index (κ3) is 6.31. The molecule has 3 aromatic rings. The van der Waals surface area contributed by atoms with Gasteiger partial charge >= 0.3 is 6.08 Å². The predicted octanol–water partition coefficient (Wildman–Crippen LogP) is 4.91. The van der Waals surface area contributed by atoms with Gasteiger partial charge in [-0.1, -0.05) is 32.9 Å². The summed E-state index contributed by atoms with van der Waals surface area (Å²) < 4.78 is 63.7. The second-order valence-electron chi connectivity index (χ2n) is 8.81. The summed E-state index contributed by atoms with van der Waals surface area (Å²) in [4.78, 5) is 16.5. The first kappa shape index (κ1) is 25.2. The highest BCUT2D eigenvalue weighted by Crippen LogP contribution is 2.29. The molecule has 2 aromatic carbocycles. The average molecular weight is 494 g/mol. The Morgan fingerprint density at radius 3 is 2.38 bits per heavy atom. The fourth-order valence-corrected chi connectivity index (χ4v) is 3.58. The van der Waals surface area contributed by atoms with E-state index < -0.39 is 39.3 Å². The predicted molar refractivity (Wildman–Crippen MR) is 122 cm³/mol. The smallest absolute Gasteiger partial charge is 0.399 e. The second-order valence-corrected chi connectivity index (χ2v) is 10.6. The molecular formula is C23H25F2N3O5S. The molecule has 8 nitrogen and oxygen atoms in total. The molecule has 0 radical (unpaired) electrons. The summed E-state index contributed by atoms with van der Waals surface area (Å²) in [6.45, 7) is 7.70. The van der Waals surface area contributed by atoms with Gasteiger partial charge in [-0.3, -0.25) is 9.52 Å². The molecule has 0 saturated carbocycles. The lowest BCUT2D eigenvalue weighted by atomic mass is 9.87. The molecule has 0 spiro atoms. The van der Waals surface area contributed by atoms with E-state index in [1.165, 1.54) is 6.92 Å². The minimum Gasteiger partial charge on any atom is -0.416 e. The first-order valence-electron chi connectivity index (χ1n) is 10.2. The van der Waals surface area contributed by atoms with Crippen LogP contribution >= 0.6 is 0 Å². The lowest BCUT2D eigenvalue weighted by molar-refractivity contribution is 0.0934. The number of benzene rings is 2. The number of anilines is 1. The lowest BCUT2D eigenvalue weighted by Crippen LogP contribution is -2.27. The molecule has 1 heterocycles. The Morgan fingerprint density at radius 1 is 1.15 bits per heavy atom. The number of sulfonamides is 1. The van der Waals surface area contributed by atoms with Gasteiger partial charge < -0.3 is 14.5 Å². The van der Waals surface area contributed by atoms with E-state index in [1.54, 1.807) is 10.8 Å². The number of aromatic nitrogens is 1. The van der Waals surface area contributed by atoms with E-state index in [0.717, 1.165) is 30.2 Å². The van der Waals surface area contributed by atoms with Crippen LogP contribution in [0.15, 0.2) is 47.1 Å². The molecule has 1 unspecified atom stereocenters. The minimum atomic E-state index is -3.87. The molecule has 0 aliphatic heterocycles. The third-order valence-electron chi connectivity index (χ3n) is 4.82. The Bertz CT molecular complexity index is 1290. The van der Waals surface area contributed by atoms with Gasteiger partial charge in [-0.2, -0.15) is 4.98 Å². The topological polar surface area (TPSA) is 111 Å². The van der Waals surface area contributed by atoms with Gasteiger partial charge in [0.05, 0.1) is 12.3 Å². The fourth-order valence-electron chi connectivity index (χ4n) is 3.01. The maximum absolute atomic E-state index is 14.3. The van der Waals surface area contributed by atoms with Gasteiger partial charge in [-0.25, -0.2) is 17.2 Å². The van der Waals surface area contributed by atoms with Crippen LogP contribution in [0.1, 0.15) is 55.4 Å². The van der Waals surface area contributed by atoms with Crippen LogP contribution in [0.5, 0.6) is 11.8 Å². The summed E-state index contributed by atoms with van der Waals surface area (Å²) in [5.74, 6) is -2.40. The molecule has 34 heavy (non-hydrogen) atoms. The molecule has 182 valence electrons. The summed E-state index contributed by atoms with van der Waals surface area (Å²) >= 11 is 0. The zero-order valence-corrected chi connectivity index (χ0v) is 20.1. The number of carbonyl (C=O) groups excluding carboxylic acids is 1. The molecule has 0 saturated heterocycles. The van der Waals surface area contributed by atoms with Gasteiger partial charge in [0.1, 0.15) is 17.7 Å². The Balaban J connectivity index is 1.70. The van der Waals surface area contributed by atoms with Crippen LogP contribution in [0.25, 0.3) is 0 Å². The molecule has 0 aliphatic carbocycles. The van der Waals surface area contributed by atoms with E-state index in [2.05, 4.69) is 31.1 Å². The van der Waals surface area contributed by atoms with E-state index in [1.807, 2.05) is 18.2 Å². The number of ether oxygens (including phenoxy) is 1. The minimum absolute atomic E-state index is 0.0846. The van der Waals surface area contributed by atoms with Gasteiger partial charge in [-0.15, -0.1) is 0 Å². The third-order valence-corrected chi connectivity index (χ3v) is 5.40. The van der Waals surface area contributed by atoms with Crippen molar-refractivity contribution in [3.63, 3.8) is 0 Å². The van der Waals surface area contributed by atoms with Gasteiger partial charge in [0.25, 0.3) is 5.91 Å². The molecule has 0 aliphatic rings. The zero-order valence-electron chi connectivity index (χ0n) is 19.3. The summed E-state index contributed by atoms with van der Waals surface area (Å²) in [7, 11) is -3.87. The number of hydrogen-bond acceptors (Lipinski definition) is 6. The quantitative estimate of drug-likeness (QED) is 0.484. The highest BCUT2D eigenvalue weighted by atomic mass is 32.2. The van der Waals surface area contributed by atoms with E-state index in [0.29, 0.717) is 5.75 Å². The highest BCUT2D eigenvalue weighted by Gasteiger charge is 2.21. The Kier molecular flexibility index (Phi) is 6.97. The Labute approximate surface area is 196 Å². The van der Waals surface area contributed by atoms with E-state index in [9.17, 15) is 22.0 Å². The molecule has 0 fully saturated rings. The van der Waals surface area contributed by atoms with Crippen molar-refractivity contribution in [1.29, 1.82) is 0 Å². The summed E-state index contributed by atoms with van der Waals surface area (Å²) in [6, 6.07) is 8.42. The van der Waals surface area contributed by atoms with Crippen molar-refractivity contribution < 1.29 is 31.1 Å². The van der Waals surface area contributed by atoms with Crippen molar-refractivity contribution in [3.8, 4) is 11.8 Å². The van der Waals surface area contributed by atoms with Crippen molar-refractivity contribution >= 4 is 21.6 Å². The van der Waals surface area contributed by atoms with Crippen LogP contribution in [-0.4, -0.2) is 25.6 Å². The molecule has 1 aromatic heterocycles. The van der Waals surface area contributed by atoms with Crippen molar-refractivity contribution in [3.05, 3.63) is 71.1 Å². The average Bonchev–Trinajstić information content (AvgIpc) is 3.18. The van der Waals surface area contributed by atoms with Gasteiger partial charge in [0, 0.05) is 0 Å². The largest absolute Gasteiger partial charge is 0.416 e. The normalized spacial score (nSPS) is 12.8. The first-order valence-corrected chi connectivity index (χ1v) is 12.1. The van der Waals surface area contributed by atoms with E-state index in [4.69, 9.17) is 9.15 Å². The molecule has 1 atom stereocenters. The molecule has 2 N–H and O–H groups in total. The van der Waals surface area contributed by atoms with Gasteiger partial charge in [-0.05, 0) is 47.7 Å². The molecular weight excluding hydrogens is 468 g/mol. The molecule has 3 rings (SSSR count). The Hall–Kier alpha value is -3.47. The molecule has 11 heteroatoms. The number of halogens is 2. The monoisotopic (exact) mass is 493 g/mol. The highest BCUT2D eigenvalue weighted by molar-refractivity contribution is 7.92. The maximum Gasteiger partial charge on any atom is 0.399 e. The summed E-state index contributed by atoms with van der Waals surface area (Å²) in [5.41, 5.74) is 0.153. The standard InChI is InChI=1S/C23H25F2N3O5S/c1-13(14-9-17(24)20(18(25)10-14)28-34(5,30)31)26-21(29)19-12-32-22(27-19)33-16-8-6-7-15(11-16)23(2,3)4/h6-13,28H,1-5H3,(H,26,29). The number of carbonyl (C=O) groups is 1. The van der Waals surface area contributed by atoms with Gasteiger partial charge in [0.2, 0.25) is 10.0 Å². The number of nitrogens with zero attached hydrogens (tertiary/aromatic N) is 1. The van der Waals surface area contributed by atoms with Crippen LogP contribution in [0.3, 0.4) is 0 Å². The summed E-state index contributed by atoms with van der Waals surface area (Å²) in [5, 5.41) is 2.55. The number of hydrogen-bond donors (Lipinski definition) is 2. The second kappa shape index (κ2) is 9.41. The van der Waals surface area contributed by atoms with Crippen LogP contribution < -0.4 is 14.8 Å².